The first-order chi connectivity index (χ1) is 12.9. The average Bonchev–Trinajstić information content (AvgIpc) is 3.29. The zero-order valence-corrected chi connectivity index (χ0v) is 16.6. The molecule has 0 atom stereocenters. The van der Waals surface area contributed by atoms with Crippen LogP contribution in [-0.4, -0.2) is 30.0 Å². The zero-order valence-electron chi connectivity index (χ0n) is 14.1. The normalized spacial score (nSPS) is 11.1. The number of benzene rings is 1. The number of rotatable bonds is 4. The molecule has 0 saturated carbocycles. The highest BCUT2D eigenvalue weighted by Gasteiger charge is 2.18. The van der Waals surface area contributed by atoms with Gasteiger partial charge in [0.2, 0.25) is 0 Å². The molecule has 5 nitrogen and oxygen atoms in total. The van der Waals surface area contributed by atoms with E-state index in [9.17, 15) is 13.6 Å². The molecule has 27 heavy (non-hydrogen) atoms. The largest absolute Gasteiger partial charge is 0.354 e. The van der Waals surface area contributed by atoms with Gasteiger partial charge in [-0.15, -0.1) is 22.7 Å². The van der Waals surface area contributed by atoms with E-state index >= 15 is 0 Å². The molecule has 10 heteroatoms. The number of fused-ring (bicyclic) bond motifs is 1. The number of amides is 1. The number of carbonyl (C=O) groups is 1. The maximum absolute atomic E-state index is 13.9. The fourth-order valence-electron chi connectivity index (χ4n) is 2.37. The van der Waals surface area contributed by atoms with E-state index in [1.807, 2.05) is 19.0 Å². The fraction of sp³-hybridized carbons (Fsp3) is 0.118. The number of nitrogens with one attached hydrogen (secondary N) is 1. The molecular weight excluding hydrogens is 410 g/mol. The van der Waals surface area contributed by atoms with E-state index in [2.05, 4.69) is 15.3 Å². The Morgan fingerprint density at radius 3 is 2.56 bits per heavy atom. The molecule has 0 aliphatic rings. The minimum absolute atomic E-state index is 0.148. The minimum atomic E-state index is -0.695. The number of thiophene rings is 1. The Hall–Kier alpha value is -2.43. The second-order valence-corrected chi connectivity index (χ2v) is 8.66. The molecule has 1 amide bonds. The van der Waals surface area contributed by atoms with Gasteiger partial charge in [-0.1, -0.05) is 17.4 Å². The second kappa shape index (κ2) is 6.95. The Labute approximate surface area is 164 Å². The van der Waals surface area contributed by atoms with E-state index in [0.29, 0.717) is 4.88 Å². The fourth-order valence-corrected chi connectivity index (χ4v) is 5.10. The van der Waals surface area contributed by atoms with Crippen LogP contribution in [-0.2, 0) is 0 Å². The molecule has 0 unspecified atom stereocenters. The van der Waals surface area contributed by atoms with Crippen LogP contribution >= 0.6 is 34.0 Å². The van der Waals surface area contributed by atoms with E-state index in [1.165, 1.54) is 46.3 Å². The average molecular weight is 423 g/mol. The van der Waals surface area contributed by atoms with Crippen molar-refractivity contribution in [3.05, 3.63) is 46.2 Å². The molecule has 138 valence electrons. The molecule has 0 spiro atoms. The summed E-state index contributed by atoms with van der Waals surface area (Å²) in [6, 6.07) is 5.42. The van der Waals surface area contributed by atoms with Crippen LogP contribution in [0.3, 0.4) is 0 Å². The maximum Gasteiger partial charge on any atom is 0.267 e. The molecule has 0 radical (unpaired) electrons. The first-order valence-electron chi connectivity index (χ1n) is 7.71. The van der Waals surface area contributed by atoms with Crippen molar-refractivity contribution in [2.45, 2.75) is 0 Å². The van der Waals surface area contributed by atoms with Gasteiger partial charge < -0.3 is 4.90 Å². The lowest BCUT2D eigenvalue weighted by Crippen LogP contribution is -2.10. The number of anilines is 2. The number of thiazole rings is 2. The van der Waals surface area contributed by atoms with Crippen LogP contribution < -0.4 is 10.2 Å². The third kappa shape index (κ3) is 3.43. The lowest BCUT2D eigenvalue weighted by atomic mass is 10.1. The molecule has 0 saturated heterocycles. The Morgan fingerprint density at radius 1 is 1.15 bits per heavy atom. The number of halogens is 2. The molecule has 0 fully saturated rings. The summed E-state index contributed by atoms with van der Waals surface area (Å²) in [5, 5.41) is 5.33. The summed E-state index contributed by atoms with van der Waals surface area (Å²) >= 11 is 3.90. The number of hydrogen-bond acceptors (Lipinski definition) is 7. The lowest BCUT2D eigenvalue weighted by molar-refractivity contribution is 0.103. The van der Waals surface area contributed by atoms with Gasteiger partial charge >= 0.3 is 0 Å². The van der Waals surface area contributed by atoms with Gasteiger partial charge in [0.25, 0.3) is 5.91 Å². The van der Waals surface area contributed by atoms with Crippen LogP contribution in [0, 0.1) is 11.6 Å². The van der Waals surface area contributed by atoms with Gasteiger partial charge in [-0.3, -0.25) is 10.1 Å². The highest BCUT2D eigenvalue weighted by molar-refractivity contribution is 7.29. The summed E-state index contributed by atoms with van der Waals surface area (Å²) < 4.78 is 28.7. The monoisotopic (exact) mass is 422 g/mol. The number of hydrogen-bond donors (Lipinski definition) is 1. The summed E-state index contributed by atoms with van der Waals surface area (Å²) in [5.41, 5.74) is -0.0540. The Morgan fingerprint density at radius 2 is 1.89 bits per heavy atom. The van der Waals surface area contributed by atoms with Crippen LogP contribution in [0.15, 0.2) is 29.6 Å². The third-order valence-electron chi connectivity index (χ3n) is 3.63. The minimum Gasteiger partial charge on any atom is -0.354 e. The summed E-state index contributed by atoms with van der Waals surface area (Å²) in [4.78, 5) is 24.3. The zero-order chi connectivity index (χ0) is 19.1. The van der Waals surface area contributed by atoms with Gasteiger partial charge in [-0.05, 0) is 18.2 Å². The molecule has 1 N–H and O–H groups in total. The number of carbonyl (C=O) groups excluding carboxylic acids is 1. The Bertz CT molecular complexity index is 1100. The standard InChI is InChI=1S/C17H12F2N4OS3/c1-23(2)17-22-15-12(27-17)6-11(26-15)14(24)21-16-20-10(7-25-16)13-8(18)4-3-5-9(13)19/h3-7H,1-2H3,(H,20,21,24). The summed E-state index contributed by atoms with van der Waals surface area (Å²) in [6.07, 6.45) is 0. The molecule has 0 aliphatic heterocycles. The summed E-state index contributed by atoms with van der Waals surface area (Å²) in [5.74, 6) is -1.72. The highest BCUT2D eigenvalue weighted by atomic mass is 32.1. The van der Waals surface area contributed by atoms with Gasteiger partial charge in [-0.25, -0.2) is 18.7 Å². The molecule has 3 heterocycles. The van der Waals surface area contributed by atoms with Gasteiger partial charge in [0.05, 0.1) is 20.8 Å². The molecule has 0 aliphatic carbocycles. The van der Waals surface area contributed by atoms with Crippen LogP contribution in [0.2, 0.25) is 0 Å². The predicted octanol–water partition coefficient (Wildman–Crippen LogP) is 5.08. The third-order valence-corrected chi connectivity index (χ3v) is 6.71. The van der Waals surface area contributed by atoms with Gasteiger partial charge in [0.1, 0.15) is 16.5 Å². The molecular formula is C17H12F2N4OS3. The Balaban J connectivity index is 1.55. The molecule has 1 aromatic carbocycles. The first kappa shape index (κ1) is 18.0. The molecule has 0 bridgehead atoms. The van der Waals surface area contributed by atoms with Crippen LogP contribution in [0.1, 0.15) is 9.67 Å². The van der Waals surface area contributed by atoms with Crippen molar-refractivity contribution in [3.63, 3.8) is 0 Å². The van der Waals surface area contributed by atoms with Gasteiger partial charge in [-0.2, -0.15) is 0 Å². The second-order valence-electron chi connectivity index (χ2n) is 5.76. The van der Waals surface area contributed by atoms with Crippen molar-refractivity contribution in [1.82, 2.24) is 9.97 Å². The molecule has 4 rings (SSSR count). The van der Waals surface area contributed by atoms with Crippen molar-refractivity contribution < 1.29 is 13.6 Å². The predicted molar refractivity (Wildman–Crippen MR) is 107 cm³/mol. The van der Waals surface area contributed by atoms with Crippen LogP contribution in [0.4, 0.5) is 19.0 Å². The van der Waals surface area contributed by atoms with Crippen LogP contribution in [0.5, 0.6) is 0 Å². The van der Waals surface area contributed by atoms with E-state index in [-0.39, 0.29) is 22.3 Å². The van der Waals surface area contributed by atoms with Crippen molar-refractivity contribution in [2.75, 3.05) is 24.3 Å². The van der Waals surface area contributed by atoms with E-state index in [1.54, 1.807) is 6.07 Å². The van der Waals surface area contributed by atoms with E-state index in [0.717, 1.165) is 26.0 Å². The summed E-state index contributed by atoms with van der Waals surface area (Å²) in [6.45, 7) is 0. The lowest BCUT2D eigenvalue weighted by Gasteiger charge is -2.05. The Kier molecular flexibility index (Phi) is 4.62. The number of nitrogens with zero attached hydrogens (tertiary/aromatic N) is 3. The molecule has 3 aromatic heterocycles. The van der Waals surface area contributed by atoms with E-state index < -0.39 is 11.6 Å². The van der Waals surface area contributed by atoms with Crippen molar-refractivity contribution in [2.24, 2.45) is 0 Å². The van der Waals surface area contributed by atoms with Crippen molar-refractivity contribution in [1.29, 1.82) is 0 Å². The van der Waals surface area contributed by atoms with Crippen LogP contribution in [0.25, 0.3) is 20.8 Å². The SMILES string of the molecule is CN(C)c1nc2sc(C(=O)Nc3nc(-c4c(F)cccc4F)cs3)cc2s1. The smallest absolute Gasteiger partial charge is 0.267 e. The van der Waals surface area contributed by atoms with Crippen molar-refractivity contribution in [3.8, 4) is 11.3 Å². The summed E-state index contributed by atoms with van der Waals surface area (Å²) in [7, 11) is 3.82. The quantitative estimate of drug-likeness (QED) is 0.498. The van der Waals surface area contributed by atoms with Crippen molar-refractivity contribution >= 4 is 59.7 Å². The van der Waals surface area contributed by atoms with E-state index in [4.69, 9.17) is 0 Å². The molecule has 4 aromatic rings. The van der Waals surface area contributed by atoms with Gasteiger partial charge in [0.15, 0.2) is 10.3 Å². The highest BCUT2D eigenvalue weighted by Crippen LogP contribution is 2.35. The maximum atomic E-state index is 13.9. The van der Waals surface area contributed by atoms with Gasteiger partial charge in [0, 0.05) is 19.5 Å². The topological polar surface area (TPSA) is 58.1 Å². The first-order valence-corrected chi connectivity index (χ1v) is 10.2. The number of aromatic nitrogens is 2.